The number of piperidine rings is 1. The number of hydrogen-bond donors (Lipinski definition) is 1. The highest BCUT2D eigenvalue weighted by Gasteiger charge is 2.32. The Morgan fingerprint density at radius 3 is 2.84 bits per heavy atom. The number of carboxylic acids is 1. The first-order valence-electron chi connectivity index (χ1n) is 12.5. The molecule has 2 aromatic carbocycles. The number of halogens is 4. The van der Waals surface area contributed by atoms with Crippen LogP contribution in [0.15, 0.2) is 47.5 Å². The summed E-state index contributed by atoms with van der Waals surface area (Å²) in [5.74, 6) is -0.770. The van der Waals surface area contributed by atoms with Crippen molar-refractivity contribution in [3.05, 3.63) is 64.8 Å². The summed E-state index contributed by atoms with van der Waals surface area (Å²) in [7, 11) is 1.54. The van der Waals surface area contributed by atoms with Gasteiger partial charge >= 0.3 is 5.97 Å². The van der Waals surface area contributed by atoms with E-state index >= 15 is 4.39 Å². The number of ether oxygens (including phenoxy) is 1. The number of carbonyl (C=O) groups is 1. The number of rotatable bonds is 11. The van der Waals surface area contributed by atoms with Gasteiger partial charge in [-0.25, -0.2) is 13.2 Å². The van der Waals surface area contributed by atoms with E-state index in [4.69, 9.17) is 16.3 Å². The number of thioether (sulfide) groups is 1. The number of alkyl halides is 1. The van der Waals surface area contributed by atoms with Crippen LogP contribution < -0.4 is 4.74 Å². The van der Waals surface area contributed by atoms with Gasteiger partial charge in [0.15, 0.2) is 0 Å². The van der Waals surface area contributed by atoms with Crippen molar-refractivity contribution in [1.82, 2.24) is 9.88 Å². The van der Waals surface area contributed by atoms with E-state index in [0.717, 1.165) is 25.1 Å². The molecule has 1 N–H and O–H groups in total. The lowest BCUT2D eigenvalue weighted by Crippen LogP contribution is -2.42. The molecule has 10 heteroatoms. The van der Waals surface area contributed by atoms with Crippen molar-refractivity contribution in [1.29, 1.82) is 0 Å². The number of hydrogen-bond acceptors (Lipinski definition) is 5. The summed E-state index contributed by atoms with van der Waals surface area (Å²) in [4.78, 5) is 18.3. The van der Waals surface area contributed by atoms with Crippen LogP contribution in [0.4, 0.5) is 13.2 Å². The van der Waals surface area contributed by atoms with Gasteiger partial charge in [-0.3, -0.25) is 9.78 Å². The molecule has 0 spiro atoms. The van der Waals surface area contributed by atoms with E-state index in [9.17, 15) is 18.7 Å². The van der Waals surface area contributed by atoms with Crippen molar-refractivity contribution >= 4 is 40.2 Å². The summed E-state index contributed by atoms with van der Waals surface area (Å²) in [5, 5.41) is 10.4. The first-order chi connectivity index (χ1) is 18.2. The molecule has 0 unspecified atom stereocenters. The molecular formula is C28H30ClF3N2O3S. The monoisotopic (exact) mass is 566 g/mol. The molecule has 1 fully saturated rings. The summed E-state index contributed by atoms with van der Waals surface area (Å²) in [5.41, 5.74) is 1.00. The molecule has 0 saturated carbocycles. The summed E-state index contributed by atoms with van der Waals surface area (Å²) in [6, 6.07) is 8.64. The Morgan fingerprint density at radius 2 is 2.08 bits per heavy atom. The Kier molecular flexibility index (Phi) is 9.79. The zero-order chi connectivity index (χ0) is 27.2. The third-order valence-electron chi connectivity index (χ3n) is 7.14. The van der Waals surface area contributed by atoms with E-state index in [1.807, 2.05) is 0 Å². The average Bonchev–Trinajstić information content (AvgIpc) is 2.89. The zero-order valence-electron chi connectivity index (χ0n) is 21.0. The maximum atomic E-state index is 15.6. The minimum Gasteiger partial charge on any atom is -0.497 e. The Balaban J connectivity index is 1.38. The van der Waals surface area contributed by atoms with Gasteiger partial charge < -0.3 is 14.7 Å². The number of pyridine rings is 1. The predicted molar refractivity (Wildman–Crippen MR) is 144 cm³/mol. The van der Waals surface area contributed by atoms with Crippen LogP contribution in [0.5, 0.6) is 5.75 Å². The molecule has 3 atom stereocenters. The maximum absolute atomic E-state index is 15.6. The van der Waals surface area contributed by atoms with E-state index in [2.05, 4.69) is 9.88 Å². The largest absolute Gasteiger partial charge is 0.497 e. The smallest absolute Gasteiger partial charge is 0.303 e. The van der Waals surface area contributed by atoms with Crippen molar-refractivity contribution in [2.24, 2.45) is 11.8 Å². The number of carboxylic acid groups (broad SMARTS) is 1. The Labute approximate surface area is 229 Å². The van der Waals surface area contributed by atoms with Gasteiger partial charge in [0.25, 0.3) is 0 Å². The second-order valence-electron chi connectivity index (χ2n) is 9.58. The highest BCUT2D eigenvalue weighted by Crippen LogP contribution is 2.39. The Bertz CT molecular complexity index is 1280. The van der Waals surface area contributed by atoms with Crippen LogP contribution in [-0.4, -0.2) is 53.5 Å². The summed E-state index contributed by atoms with van der Waals surface area (Å²) >= 11 is 7.61. The van der Waals surface area contributed by atoms with Crippen LogP contribution >= 0.6 is 23.4 Å². The van der Waals surface area contributed by atoms with E-state index in [1.165, 1.54) is 24.0 Å². The first-order valence-corrected chi connectivity index (χ1v) is 13.9. The summed E-state index contributed by atoms with van der Waals surface area (Å²) < 4.78 is 48.2. The third kappa shape index (κ3) is 7.12. The molecule has 0 amide bonds. The number of benzene rings is 2. The predicted octanol–water partition coefficient (Wildman–Crippen LogP) is 7.17. The molecule has 0 radical (unpaired) electrons. The van der Waals surface area contributed by atoms with Crippen molar-refractivity contribution < 1.29 is 27.8 Å². The van der Waals surface area contributed by atoms with Crippen molar-refractivity contribution in [3.63, 3.8) is 0 Å². The summed E-state index contributed by atoms with van der Waals surface area (Å²) in [6.07, 6.45) is 1.60. The van der Waals surface area contributed by atoms with Gasteiger partial charge in [-0.15, -0.1) is 11.8 Å². The van der Waals surface area contributed by atoms with Gasteiger partial charge in [-0.2, -0.15) is 0 Å². The Morgan fingerprint density at radius 1 is 1.26 bits per heavy atom. The van der Waals surface area contributed by atoms with Crippen LogP contribution in [0, 0.1) is 23.5 Å². The van der Waals surface area contributed by atoms with Gasteiger partial charge in [0.2, 0.25) is 0 Å². The van der Waals surface area contributed by atoms with Crippen molar-refractivity contribution in [3.8, 4) is 5.75 Å². The molecule has 5 nitrogen and oxygen atoms in total. The lowest BCUT2D eigenvalue weighted by Gasteiger charge is -2.38. The number of aliphatic carboxylic acids is 1. The van der Waals surface area contributed by atoms with Gasteiger partial charge in [-0.05, 0) is 74.0 Å². The SMILES string of the molecule is COc1ccc2ncc(Cl)c([C@@H](F)CC[C@@H]3CCN(CCSc4cc(F)ccc4F)C[C@@H]3CC(=O)O)c2c1. The molecular weight excluding hydrogens is 537 g/mol. The minimum atomic E-state index is -1.33. The lowest BCUT2D eigenvalue weighted by atomic mass is 9.79. The van der Waals surface area contributed by atoms with Gasteiger partial charge in [-0.1, -0.05) is 11.6 Å². The second kappa shape index (κ2) is 13.0. The summed E-state index contributed by atoms with van der Waals surface area (Å²) in [6.45, 7) is 1.92. The third-order valence-corrected chi connectivity index (χ3v) is 8.45. The number of likely N-dealkylation sites (tertiary alicyclic amines) is 1. The molecule has 38 heavy (non-hydrogen) atoms. The van der Waals surface area contributed by atoms with Gasteiger partial charge in [0.05, 0.1) is 17.6 Å². The first kappa shape index (κ1) is 28.5. The zero-order valence-corrected chi connectivity index (χ0v) is 22.6. The minimum absolute atomic E-state index is 0.0000702. The van der Waals surface area contributed by atoms with Crippen molar-refractivity contribution in [2.45, 2.75) is 36.8 Å². The number of fused-ring (bicyclic) bond motifs is 1. The van der Waals surface area contributed by atoms with Gasteiger partial charge in [0.1, 0.15) is 23.6 Å². The molecule has 204 valence electrons. The molecule has 0 bridgehead atoms. The fraction of sp³-hybridized carbons (Fsp3) is 0.429. The quantitative estimate of drug-likeness (QED) is 0.248. The molecule has 3 aromatic rings. The number of aromatic nitrogens is 1. The highest BCUT2D eigenvalue weighted by atomic mass is 35.5. The molecule has 1 aromatic heterocycles. The number of nitrogens with zero attached hydrogens (tertiary/aromatic N) is 2. The van der Waals surface area contributed by atoms with Crippen LogP contribution in [0.3, 0.4) is 0 Å². The van der Waals surface area contributed by atoms with Gasteiger partial charge in [0, 0.05) is 47.3 Å². The van der Waals surface area contributed by atoms with E-state index in [0.29, 0.717) is 47.5 Å². The standard InChI is InChI=1S/C28H30ClF3N2O3S/c1-37-20-4-7-25-21(14-20)28(22(29)15-33-25)24(32)5-2-17-8-9-34(16-18(17)12-27(35)36)10-11-38-26-13-19(30)3-6-23(26)31/h3-4,6-7,13-15,17-18,24H,2,5,8-12,16H2,1H3,(H,35,36)/t17-,18+,24+/m1/s1. The number of methoxy groups -OCH3 is 1. The maximum Gasteiger partial charge on any atom is 0.303 e. The van der Waals surface area contributed by atoms with Crippen molar-refractivity contribution in [2.75, 3.05) is 32.5 Å². The second-order valence-corrected chi connectivity index (χ2v) is 11.1. The normalized spacial score (nSPS) is 19.0. The molecule has 1 saturated heterocycles. The Hall–Kier alpha value is -2.49. The molecule has 1 aliphatic heterocycles. The van der Waals surface area contributed by atoms with E-state index in [1.54, 1.807) is 25.3 Å². The molecule has 2 heterocycles. The van der Waals surface area contributed by atoms with E-state index in [-0.39, 0.29) is 34.6 Å². The molecule has 0 aliphatic carbocycles. The average molecular weight is 567 g/mol. The highest BCUT2D eigenvalue weighted by molar-refractivity contribution is 7.99. The van der Waals surface area contributed by atoms with Crippen LogP contribution in [0.25, 0.3) is 10.9 Å². The lowest BCUT2D eigenvalue weighted by molar-refractivity contribution is -0.139. The topological polar surface area (TPSA) is 62.7 Å². The van der Waals surface area contributed by atoms with Crippen LogP contribution in [0.1, 0.15) is 37.4 Å². The van der Waals surface area contributed by atoms with Crippen LogP contribution in [-0.2, 0) is 4.79 Å². The fourth-order valence-corrected chi connectivity index (χ4v) is 6.43. The van der Waals surface area contributed by atoms with Crippen LogP contribution in [0.2, 0.25) is 5.02 Å². The fourth-order valence-electron chi connectivity index (χ4n) is 5.19. The molecule has 1 aliphatic rings. The van der Waals surface area contributed by atoms with E-state index < -0.39 is 23.8 Å². The molecule has 4 rings (SSSR count).